The summed E-state index contributed by atoms with van der Waals surface area (Å²) in [5.41, 5.74) is 1.28. The number of hydrogen-bond acceptors (Lipinski definition) is 3. The molecule has 0 spiro atoms. The van der Waals surface area contributed by atoms with Crippen molar-refractivity contribution in [2.45, 2.75) is 20.3 Å². The molecule has 0 radical (unpaired) electrons. The molecule has 1 rings (SSSR count). The highest BCUT2D eigenvalue weighted by Crippen LogP contribution is 2.30. The summed E-state index contributed by atoms with van der Waals surface area (Å²) in [6.07, 6.45) is 0.624. The topological polar surface area (TPSA) is 38.7 Å². The van der Waals surface area contributed by atoms with Crippen LogP contribution < -0.4 is 0 Å². The zero-order valence-corrected chi connectivity index (χ0v) is 13.8. The van der Waals surface area contributed by atoms with Crippen LogP contribution in [0.3, 0.4) is 0 Å². The third-order valence-electron chi connectivity index (χ3n) is 3.27. The molecule has 1 aromatic carbocycles. The van der Waals surface area contributed by atoms with Gasteiger partial charge in [-0.2, -0.15) is 0 Å². The second-order valence-electron chi connectivity index (χ2n) is 4.41. The van der Waals surface area contributed by atoms with Crippen LogP contribution in [0.15, 0.2) is 35.3 Å². The van der Waals surface area contributed by atoms with Gasteiger partial charge in [0.25, 0.3) is 0 Å². The largest absolute Gasteiger partial charge is 0.465 e. The van der Waals surface area contributed by atoms with Crippen LogP contribution >= 0.6 is 22.6 Å². The van der Waals surface area contributed by atoms with E-state index in [0.717, 1.165) is 11.3 Å². The molecule has 0 N–H and O–H groups in total. The molecule has 4 heteroatoms. The fourth-order valence-corrected chi connectivity index (χ4v) is 3.11. The molecule has 104 valence electrons. The number of nitrogens with zero attached hydrogens (tertiary/aromatic N) is 1. The van der Waals surface area contributed by atoms with Crippen molar-refractivity contribution in [1.29, 1.82) is 0 Å². The lowest BCUT2D eigenvalue weighted by molar-refractivity contribution is -0.150. The monoisotopic (exact) mass is 373 g/mol. The maximum absolute atomic E-state index is 12.4. The Morgan fingerprint density at radius 3 is 2.47 bits per heavy atom. The standard InChI is InChI=1S/C15H20INO2/c1-4-19-14(18)15(11-16,12(2)17-3)10-13-8-6-5-7-9-13/h5-9H,4,10-11H2,1-3H3. The van der Waals surface area contributed by atoms with Gasteiger partial charge >= 0.3 is 5.97 Å². The molecule has 3 nitrogen and oxygen atoms in total. The Kier molecular flexibility index (Phi) is 6.48. The van der Waals surface area contributed by atoms with Crippen LogP contribution in [0.2, 0.25) is 0 Å². The van der Waals surface area contributed by atoms with E-state index in [-0.39, 0.29) is 5.97 Å². The van der Waals surface area contributed by atoms with Gasteiger partial charge in [-0.15, -0.1) is 0 Å². The summed E-state index contributed by atoms with van der Waals surface area (Å²) in [7, 11) is 1.72. The predicted molar refractivity (Wildman–Crippen MR) is 87.1 cm³/mol. The zero-order chi connectivity index (χ0) is 14.3. The van der Waals surface area contributed by atoms with Gasteiger partial charge in [-0.25, -0.2) is 0 Å². The average molecular weight is 373 g/mol. The van der Waals surface area contributed by atoms with Crippen LogP contribution in [0, 0.1) is 5.41 Å². The van der Waals surface area contributed by atoms with E-state index in [1.165, 1.54) is 0 Å². The van der Waals surface area contributed by atoms with Gasteiger partial charge in [0, 0.05) is 17.2 Å². The molecule has 0 aliphatic heterocycles. The summed E-state index contributed by atoms with van der Waals surface area (Å²) < 4.78 is 5.92. The molecule has 0 aliphatic carbocycles. The first-order valence-corrected chi connectivity index (χ1v) is 7.84. The van der Waals surface area contributed by atoms with Crippen molar-refractivity contribution < 1.29 is 9.53 Å². The molecule has 1 aromatic rings. The molecule has 1 atom stereocenters. The van der Waals surface area contributed by atoms with E-state index in [2.05, 4.69) is 27.6 Å². The number of ether oxygens (including phenoxy) is 1. The fourth-order valence-electron chi connectivity index (χ4n) is 1.97. The minimum Gasteiger partial charge on any atom is -0.465 e. The Balaban J connectivity index is 3.14. The molecule has 0 heterocycles. The molecule has 0 saturated heterocycles. The fraction of sp³-hybridized carbons (Fsp3) is 0.467. The van der Waals surface area contributed by atoms with E-state index in [4.69, 9.17) is 4.74 Å². The first kappa shape index (κ1) is 16.1. The van der Waals surface area contributed by atoms with Gasteiger partial charge in [-0.05, 0) is 25.8 Å². The molecule has 1 unspecified atom stereocenters. The highest BCUT2D eigenvalue weighted by atomic mass is 127. The van der Waals surface area contributed by atoms with E-state index in [0.29, 0.717) is 17.5 Å². The van der Waals surface area contributed by atoms with E-state index >= 15 is 0 Å². The van der Waals surface area contributed by atoms with E-state index < -0.39 is 5.41 Å². The molecule has 19 heavy (non-hydrogen) atoms. The number of benzene rings is 1. The molecular weight excluding hydrogens is 353 g/mol. The number of aliphatic imine (C=N–C) groups is 1. The Morgan fingerprint density at radius 1 is 1.37 bits per heavy atom. The Morgan fingerprint density at radius 2 is 2.00 bits per heavy atom. The number of halogens is 1. The number of carbonyl (C=O) groups excluding carboxylic acids is 1. The van der Waals surface area contributed by atoms with E-state index in [1.54, 1.807) is 7.05 Å². The lowest BCUT2D eigenvalue weighted by Gasteiger charge is -2.29. The van der Waals surface area contributed by atoms with E-state index in [1.807, 2.05) is 44.2 Å². The normalized spacial score (nSPS) is 14.8. The van der Waals surface area contributed by atoms with Gasteiger partial charge < -0.3 is 4.74 Å². The van der Waals surface area contributed by atoms with E-state index in [9.17, 15) is 4.79 Å². The average Bonchev–Trinajstić information content (AvgIpc) is 2.45. The van der Waals surface area contributed by atoms with Crippen molar-refractivity contribution in [1.82, 2.24) is 0 Å². The summed E-state index contributed by atoms with van der Waals surface area (Å²) in [5.74, 6) is -0.184. The minimum absolute atomic E-state index is 0.184. The lowest BCUT2D eigenvalue weighted by Crippen LogP contribution is -2.43. The summed E-state index contributed by atoms with van der Waals surface area (Å²) >= 11 is 2.24. The summed E-state index contributed by atoms with van der Waals surface area (Å²) in [5, 5.41) is 0. The van der Waals surface area contributed by atoms with Crippen LogP contribution in [-0.4, -0.2) is 29.8 Å². The molecule has 0 aromatic heterocycles. The first-order chi connectivity index (χ1) is 9.10. The minimum atomic E-state index is -0.660. The molecule has 0 amide bonds. The Labute approximate surface area is 128 Å². The van der Waals surface area contributed by atoms with Gasteiger partial charge in [0.1, 0.15) is 5.41 Å². The highest BCUT2D eigenvalue weighted by molar-refractivity contribution is 14.1. The first-order valence-electron chi connectivity index (χ1n) is 6.31. The second-order valence-corrected chi connectivity index (χ2v) is 5.17. The Bertz CT molecular complexity index is 445. The van der Waals surface area contributed by atoms with Crippen molar-refractivity contribution >= 4 is 34.3 Å². The van der Waals surface area contributed by atoms with Gasteiger partial charge in [-0.1, -0.05) is 52.9 Å². The van der Waals surface area contributed by atoms with Crippen molar-refractivity contribution in [3.05, 3.63) is 35.9 Å². The summed E-state index contributed by atoms with van der Waals surface area (Å²) in [6, 6.07) is 10.0. The second kappa shape index (κ2) is 7.62. The molecule has 0 bridgehead atoms. The summed E-state index contributed by atoms with van der Waals surface area (Å²) in [6.45, 7) is 4.12. The van der Waals surface area contributed by atoms with Crippen LogP contribution in [0.1, 0.15) is 19.4 Å². The maximum atomic E-state index is 12.4. The Hall–Kier alpha value is -0.910. The van der Waals surface area contributed by atoms with Gasteiger partial charge in [-0.3, -0.25) is 9.79 Å². The van der Waals surface area contributed by atoms with Crippen LogP contribution in [0.4, 0.5) is 0 Å². The van der Waals surface area contributed by atoms with Crippen molar-refractivity contribution in [2.75, 3.05) is 18.1 Å². The lowest BCUT2D eigenvalue weighted by atomic mass is 9.79. The van der Waals surface area contributed by atoms with Crippen molar-refractivity contribution in [3.63, 3.8) is 0 Å². The SMILES string of the molecule is CCOC(=O)C(CI)(Cc1ccccc1)C(C)=NC. The third kappa shape index (κ3) is 3.78. The van der Waals surface area contributed by atoms with Crippen molar-refractivity contribution in [2.24, 2.45) is 10.4 Å². The number of esters is 1. The third-order valence-corrected chi connectivity index (χ3v) is 4.57. The smallest absolute Gasteiger partial charge is 0.318 e. The molecular formula is C15H20INO2. The highest BCUT2D eigenvalue weighted by Gasteiger charge is 2.41. The summed E-state index contributed by atoms with van der Waals surface area (Å²) in [4.78, 5) is 16.6. The number of hydrogen-bond donors (Lipinski definition) is 0. The molecule has 0 aliphatic rings. The molecule has 0 fully saturated rings. The molecule has 0 saturated carbocycles. The van der Waals surface area contributed by atoms with Crippen LogP contribution in [-0.2, 0) is 16.0 Å². The number of alkyl halides is 1. The van der Waals surface area contributed by atoms with Crippen LogP contribution in [0.25, 0.3) is 0 Å². The van der Waals surface area contributed by atoms with Gasteiger partial charge in [0.2, 0.25) is 0 Å². The van der Waals surface area contributed by atoms with Gasteiger partial charge in [0.15, 0.2) is 0 Å². The maximum Gasteiger partial charge on any atom is 0.318 e. The van der Waals surface area contributed by atoms with Crippen molar-refractivity contribution in [3.8, 4) is 0 Å². The van der Waals surface area contributed by atoms with Crippen LogP contribution in [0.5, 0.6) is 0 Å². The zero-order valence-electron chi connectivity index (χ0n) is 11.6. The quantitative estimate of drug-likeness (QED) is 0.332. The number of rotatable bonds is 6. The number of carbonyl (C=O) groups is 1. The van der Waals surface area contributed by atoms with Gasteiger partial charge in [0.05, 0.1) is 6.61 Å². The predicted octanol–water partition coefficient (Wildman–Crippen LogP) is 3.30.